The van der Waals surface area contributed by atoms with Crippen LogP contribution in [0, 0.1) is 6.92 Å². The smallest absolute Gasteiger partial charge is 0.317 e. The van der Waals surface area contributed by atoms with Gasteiger partial charge in [0, 0.05) is 32.7 Å². The Kier molecular flexibility index (Phi) is 5.23. The number of aryl methyl sites for hydroxylation is 1. The van der Waals surface area contributed by atoms with Crippen LogP contribution in [-0.4, -0.2) is 61.8 Å². The van der Waals surface area contributed by atoms with Crippen LogP contribution in [0.15, 0.2) is 16.5 Å². The number of rotatable bonds is 5. The molecule has 6 heteroatoms. The molecule has 0 bridgehead atoms. The van der Waals surface area contributed by atoms with Crippen molar-refractivity contribution in [2.75, 3.05) is 39.9 Å². The lowest BCUT2D eigenvalue weighted by Gasteiger charge is -2.36. The van der Waals surface area contributed by atoms with E-state index >= 15 is 0 Å². The standard InChI is InChI=1S/C17H27N3O3/c1-13-6-7-16(23-13)15(20-8-10-22-11-9-20)12-18-17(21)19(2)14-4-3-5-14/h6-7,14-15H,3-5,8-12H2,1-2H3,(H,18,21)/t15-/m0/s1. The molecule has 2 amide bonds. The Labute approximate surface area is 137 Å². The maximum Gasteiger partial charge on any atom is 0.317 e. The minimum atomic E-state index is 0.0104. The van der Waals surface area contributed by atoms with Crippen LogP contribution in [0.1, 0.15) is 36.8 Å². The van der Waals surface area contributed by atoms with Gasteiger partial charge in [0.2, 0.25) is 0 Å². The summed E-state index contributed by atoms with van der Waals surface area (Å²) in [4.78, 5) is 16.5. The van der Waals surface area contributed by atoms with Crippen LogP contribution >= 0.6 is 0 Å². The molecule has 1 N–H and O–H groups in total. The molecule has 2 aliphatic rings. The Morgan fingerprint density at radius 1 is 1.39 bits per heavy atom. The molecular formula is C17H27N3O3. The van der Waals surface area contributed by atoms with E-state index in [4.69, 9.17) is 9.15 Å². The van der Waals surface area contributed by atoms with Crippen molar-refractivity contribution in [1.82, 2.24) is 15.1 Å². The number of ether oxygens (including phenoxy) is 1. The summed E-state index contributed by atoms with van der Waals surface area (Å²) in [5.74, 6) is 1.81. The molecule has 0 unspecified atom stereocenters. The molecule has 128 valence electrons. The van der Waals surface area contributed by atoms with Crippen LogP contribution in [0.3, 0.4) is 0 Å². The minimum absolute atomic E-state index is 0.0104. The molecule has 1 atom stereocenters. The first-order valence-electron chi connectivity index (χ1n) is 8.54. The van der Waals surface area contributed by atoms with Crippen molar-refractivity contribution < 1.29 is 13.9 Å². The van der Waals surface area contributed by atoms with E-state index in [9.17, 15) is 4.79 Å². The summed E-state index contributed by atoms with van der Waals surface area (Å²) in [6.45, 7) is 5.68. The van der Waals surface area contributed by atoms with Gasteiger partial charge in [-0.3, -0.25) is 4.90 Å². The normalized spacial score (nSPS) is 20.8. The van der Waals surface area contributed by atoms with Crippen LogP contribution in [0.25, 0.3) is 0 Å². The third-order valence-electron chi connectivity index (χ3n) is 4.97. The molecule has 1 saturated carbocycles. The molecule has 1 aromatic heterocycles. The molecule has 6 nitrogen and oxygen atoms in total. The van der Waals surface area contributed by atoms with E-state index in [0.717, 1.165) is 50.7 Å². The number of hydrogen-bond acceptors (Lipinski definition) is 4. The topological polar surface area (TPSA) is 58.0 Å². The summed E-state index contributed by atoms with van der Waals surface area (Å²) in [6, 6.07) is 4.47. The number of hydrogen-bond donors (Lipinski definition) is 1. The zero-order valence-corrected chi connectivity index (χ0v) is 14.1. The first-order valence-corrected chi connectivity index (χ1v) is 8.54. The summed E-state index contributed by atoms with van der Waals surface area (Å²) in [6.07, 6.45) is 3.47. The average molecular weight is 321 g/mol. The lowest BCUT2D eigenvalue weighted by Crippen LogP contribution is -2.49. The van der Waals surface area contributed by atoms with Crippen LogP contribution in [-0.2, 0) is 4.74 Å². The molecule has 1 aromatic rings. The molecule has 1 aliphatic carbocycles. The lowest BCUT2D eigenvalue weighted by atomic mass is 9.92. The zero-order valence-electron chi connectivity index (χ0n) is 14.1. The maximum absolute atomic E-state index is 12.3. The van der Waals surface area contributed by atoms with Crippen molar-refractivity contribution >= 4 is 6.03 Å². The van der Waals surface area contributed by atoms with Gasteiger partial charge >= 0.3 is 6.03 Å². The zero-order chi connectivity index (χ0) is 16.2. The SMILES string of the molecule is Cc1ccc([C@H](CNC(=O)N(C)C2CCC2)N2CCOCC2)o1. The molecule has 0 radical (unpaired) electrons. The van der Waals surface area contributed by atoms with Crippen molar-refractivity contribution in [1.29, 1.82) is 0 Å². The summed E-state index contributed by atoms with van der Waals surface area (Å²) >= 11 is 0. The molecule has 1 saturated heterocycles. The second-order valence-electron chi connectivity index (χ2n) is 6.49. The summed E-state index contributed by atoms with van der Waals surface area (Å²) in [7, 11) is 1.89. The Balaban J connectivity index is 1.62. The van der Waals surface area contributed by atoms with Gasteiger partial charge in [-0.15, -0.1) is 0 Å². The van der Waals surface area contributed by atoms with E-state index in [2.05, 4.69) is 10.2 Å². The van der Waals surface area contributed by atoms with Crippen LogP contribution in [0.5, 0.6) is 0 Å². The van der Waals surface area contributed by atoms with Crippen molar-refractivity contribution in [3.63, 3.8) is 0 Å². The largest absolute Gasteiger partial charge is 0.465 e. The second-order valence-corrected chi connectivity index (χ2v) is 6.49. The van der Waals surface area contributed by atoms with Crippen LogP contribution in [0.4, 0.5) is 4.79 Å². The van der Waals surface area contributed by atoms with E-state index in [1.54, 1.807) is 0 Å². The number of furan rings is 1. The highest BCUT2D eigenvalue weighted by Gasteiger charge is 2.28. The average Bonchev–Trinajstić information content (AvgIpc) is 2.93. The van der Waals surface area contributed by atoms with Crippen molar-refractivity contribution in [2.45, 2.75) is 38.3 Å². The van der Waals surface area contributed by atoms with E-state index in [1.807, 2.05) is 31.0 Å². The number of amides is 2. The number of urea groups is 1. The van der Waals surface area contributed by atoms with E-state index in [0.29, 0.717) is 12.6 Å². The molecule has 3 rings (SSSR count). The van der Waals surface area contributed by atoms with Gasteiger partial charge in [-0.1, -0.05) is 0 Å². The Hall–Kier alpha value is -1.53. The highest BCUT2D eigenvalue weighted by molar-refractivity contribution is 5.74. The Morgan fingerprint density at radius 3 is 2.70 bits per heavy atom. The van der Waals surface area contributed by atoms with Crippen molar-refractivity contribution in [3.05, 3.63) is 23.7 Å². The highest BCUT2D eigenvalue weighted by Crippen LogP contribution is 2.25. The third kappa shape index (κ3) is 3.87. The quantitative estimate of drug-likeness (QED) is 0.903. The first-order chi connectivity index (χ1) is 11.1. The predicted octanol–water partition coefficient (Wildman–Crippen LogP) is 2.16. The van der Waals surface area contributed by atoms with E-state index in [1.165, 1.54) is 6.42 Å². The summed E-state index contributed by atoms with van der Waals surface area (Å²) < 4.78 is 11.3. The van der Waals surface area contributed by atoms with Crippen molar-refractivity contribution in [3.8, 4) is 0 Å². The second kappa shape index (κ2) is 7.36. The van der Waals surface area contributed by atoms with Gasteiger partial charge in [0.15, 0.2) is 0 Å². The fourth-order valence-electron chi connectivity index (χ4n) is 3.18. The number of carbonyl (C=O) groups excluding carboxylic acids is 1. The molecule has 0 spiro atoms. The Morgan fingerprint density at radius 2 is 2.13 bits per heavy atom. The van der Waals surface area contributed by atoms with Gasteiger partial charge in [-0.2, -0.15) is 0 Å². The number of morpholine rings is 1. The molecule has 0 aromatic carbocycles. The van der Waals surface area contributed by atoms with Gasteiger partial charge in [0.05, 0.1) is 19.3 Å². The van der Waals surface area contributed by atoms with Crippen molar-refractivity contribution in [2.24, 2.45) is 0 Å². The predicted molar refractivity (Wildman–Crippen MR) is 87.4 cm³/mol. The molecule has 2 heterocycles. The number of nitrogens with one attached hydrogen (secondary N) is 1. The molecule has 1 aliphatic heterocycles. The maximum atomic E-state index is 12.3. The monoisotopic (exact) mass is 321 g/mol. The molecular weight excluding hydrogens is 294 g/mol. The van der Waals surface area contributed by atoms with E-state index in [-0.39, 0.29) is 12.1 Å². The first kappa shape index (κ1) is 16.3. The van der Waals surface area contributed by atoms with Crippen LogP contribution < -0.4 is 5.32 Å². The highest BCUT2D eigenvalue weighted by atomic mass is 16.5. The Bertz CT molecular complexity index is 521. The fraction of sp³-hybridized carbons (Fsp3) is 0.706. The summed E-state index contributed by atoms with van der Waals surface area (Å²) in [5.41, 5.74) is 0. The van der Waals surface area contributed by atoms with Gasteiger partial charge < -0.3 is 19.4 Å². The third-order valence-corrected chi connectivity index (χ3v) is 4.97. The number of carbonyl (C=O) groups is 1. The van der Waals surface area contributed by atoms with Gasteiger partial charge in [0.25, 0.3) is 0 Å². The molecule has 2 fully saturated rings. The summed E-state index contributed by atoms with van der Waals surface area (Å²) in [5, 5.41) is 3.08. The lowest BCUT2D eigenvalue weighted by molar-refractivity contribution is 0.0118. The van der Waals surface area contributed by atoms with Gasteiger partial charge in [0.1, 0.15) is 11.5 Å². The fourth-order valence-corrected chi connectivity index (χ4v) is 3.18. The number of nitrogens with zero attached hydrogens (tertiary/aromatic N) is 2. The van der Waals surface area contributed by atoms with Gasteiger partial charge in [-0.05, 0) is 38.3 Å². The van der Waals surface area contributed by atoms with E-state index < -0.39 is 0 Å². The minimum Gasteiger partial charge on any atom is -0.465 e. The molecule has 23 heavy (non-hydrogen) atoms. The van der Waals surface area contributed by atoms with Gasteiger partial charge in [-0.25, -0.2) is 4.79 Å². The van der Waals surface area contributed by atoms with Crippen LogP contribution in [0.2, 0.25) is 0 Å².